The quantitative estimate of drug-likeness (QED) is 0.811. The standard InChI is InChI=1S/C12H16FNO/c1-3-9(4-2)14-12(15)10-7-5-6-8-11(10)13/h5-9H,3-4H2,1-2H3,(H,14,15). The van der Waals surface area contributed by atoms with Gasteiger partial charge in [-0.2, -0.15) is 0 Å². The summed E-state index contributed by atoms with van der Waals surface area (Å²) in [7, 11) is 0. The highest BCUT2D eigenvalue weighted by Crippen LogP contribution is 2.07. The number of hydrogen-bond donors (Lipinski definition) is 1. The van der Waals surface area contributed by atoms with Crippen LogP contribution in [0.4, 0.5) is 4.39 Å². The molecule has 3 heteroatoms. The number of nitrogens with one attached hydrogen (secondary N) is 1. The molecule has 0 spiro atoms. The zero-order valence-electron chi connectivity index (χ0n) is 9.09. The zero-order valence-corrected chi connectivity index (χ0v) is 9.09. The van der Waals surface area contributed by atoms with E-state index in [9.17, 15) is 9.18 Å². The van der Waals surface area contributed by atoms with Crippen LogP contribution >= 0.6 is 0 Å². The number of rotatable bonds is 4. The summed E-state index contributed by atoms with van der Waals surface area (Å²) >= 11 is 0. The third-order valence-electron chi connectivity index (χ3n) is 2.44. The molecule has 0 atom stereocenters. The minimum absolute atomic E-state index is 0.115. The summed E-state index contributed by atoms with van der Waals surface area (Å²) in [6.07, 6.45) is 1.72. The molecule has 1 aromatic carbocycles. The van der Waals surface area contributed by atoms with Crippen molar-refractivity contribution in [3.63, 3.8) is 0 Å². The van der Waals surface area contributed by atoms with Crippen molar-refractivity contribution >= 4 is 5.91 Å². The van der Waals surface area contributed by atoms with E-state index in [-0.39, 0.29) is 17.5 Å². The van der Waals surface area contributed by atoms with Crippen LogP contribution in [0, 0.1) is 5.82 Å². The molecular formula is C12H16FNO. The first kappa shape index (κ1) is 11.7. The fourth-order valence-electron chi connectivity index (χ4n) is 1.40. The Labute approximate surface area is 89.5 Å². The van der Waals surface area contributed by atoms with E-state index in [0.29, 0.717) is 0 Å². The van der Waals surface area contributed by atoms with Crippen LogP contribution in [0.2, 0.25) is 0 Å². The van der Waals surface area contributed by atoms with Gasteiger partial charge in [0, 0.05) is 6.04 Å². The van der Waals surface area contributed by atoms with Crippen molar-refractivity contribution in [3.05, 3.63) is 35.6 Å². The van der Waals surface area contributed by atoms with Gasteiger partial charge in [-0.25, -0.2) is 4.39 Å². The average Bonchev–Trinajstić information content (AvgIpc) is 2.26. The molecule has 15 heavy (non-hydrogen) atoms. The molecule has 0 fully saturated rings. The van der Waals surface area contributed by atoms with Gasteiger partial charge in [-0.1, -0.05) is 26.0 Å². The maximum atomic E-state index is 13.2. The highest BCUT2D eigenvalue weighted by molar-refractivity contribution is 5.94. The van der Waals surface area contributed by atoms with Gasteiger partial charge in [-0.05, 0) is 25.0 Å². The summed E-state index contributed by atoms with van der Waals surface area (Å²) in [6, 6.07) is 6.14. The van der Waals surface area contributed by atoms with Crippen LogP contribution in [-0.4, -0.2) is 11.9 Å². The van der Waals surface area contributed by atoms with Gasteiger partial charge < -0.3 is 5.32 Å². The molecule has 1 rings (SSSR count). The molecule has 0 bridgehead atoms. The van der Waals surface area contributed by atoms with Crippen LogP contribution in [0.3, 0.4) is 0 Å². The van der Waals surface area contributed by atoms with Gasteiger partial charge in [-0.15, -0.1) is 0 Å². The van der Waals surface area contributed by atoms with E-state index < -0.39 is 5.82 Å². The lowest BCUT2D eigenvalue weighted by molar-refractivity contribution is 0.0931. The lowest BCUT2D eigenvalue weighted by atomic mass is 10.1. The Balaban J connectivity index is 2.73. The maximum Gasteiger partial charge on any atom is 0.254 e. The molecule has 0 radical (unpaired) electrons. The summed E-state index contributed by atoms with van der Waals surface area (Å²) in [5.74, 6) is -0.803. The van der Waals surface area contributed by atoms with E-state index in [1.54, 1.807) is 12.1 Å². The van der Waals surface area contributed by atoms with Crippen molar-refractivity contribution in [1.29, 1.82) is 0 Å². The van der Waals surface area contributed by atoms with Gasteiger partial charge in [0.2, 0.25) is 0 Å². The largest absolute Gasteiger partial charge is 0.349 e. The fourth-order valence-corrected chi connectivity index (χ4v) is 1.40. The minimum Gasteiger partial charge on any atom is -0.349 e. The molecule has 0 aliphatic carbocycles. The van der Waals surface area contributed by atoms with Crippen molar-refractivity contribution < 1.29 is 9.18 Å². The van der Waals surface area contributed by atoms with E-state index in [2.05, 4.69) is 5.32 Å². The topological polar surface area (TPSA) is 29.1 Å². The third kappa shape index (κ3) is 3.05. The molecule has 0 saturated carbocycles. The van der Waals surface area contributed by atoms with Crippen LogP contribution in [0.25, 0.3) is 0 Å². The molecular weight excluding hydrogens is 193 g/mol. The molecule has 0 saturated heterocycles. The van der Waals surface area contributed by atoms with Crippen LogP contribution < -0.4 is 5.32 Å². The fraction of sp³-hybridized carbons (Fsp3) is 0.417. The first-order valence-electron chi connectivity index (χ1n) is 5.24. The predicted octanol–water partition coefficient (Wildman–Crippen LogP) is 2.74. The first-order valence-corrected chi connectivity index (χ1v) is 5.24. The molecule has 1 aromatic rings. The number of carbonyl (C=O) groups excluding carboxylic acids is 1. The Morgan fingerprint density at radius 1 is 1.33 bits per heavy atom. The molecule has 0 unspecified atom stereocenters. The Morgan fingerprint density at radius 2 is 1.93 bits per heavy atom. The normalized spacial score (nSPS) is 10.4. The second kappa shape index (κ2) is 5.49. The van der Waals surface area contributed by atoms with E-state index in [0.717, 1.165) is 12.8 Å². The van der Waals surface area contributed by atoms with Crippen LogP contribution in [0.1, 0.15) is 37.0 Å². The van der Waals surface area contributed by atoms with Crippen LogP contribution in [-0.2, 0) is 0 Å². The number of carbonyl (C=O) groups is 1. The lowest BCUT2D eigenvalue weighted by Crippen LogP contribution is -2.34. The summed E-state index contributed by atoms with van der Waals surface area (Å²) in [5.41, 5.74) is 0.115. The zero-order chi connectivity index (χ0) is 11.3. The van der Waals surface area contributed by atoms with Crippen LogP contribution in [0.15, 0.2) is 24.3 Å². The summed E-state index contributed by atoms with van der Waals surface area (Å²) in [6.45, 7) is 3.99. The highest BCUT2D eigenvalue weighted by Gasteiger charge is 2.13. The Morgan fingerprint density at radius 3 is 2.47 bits per heavy atom. The molecule has 82 valence electrons. The average molecular weight is 209 g/mol. The second-order valence-corrected chi connectivity index (χ2v) is 3.47. The van der Waals surface area contributed by atoms with Gasteiger partial charge in [-0.3, -0.25) is 4.79 Å². The summed E-state index contributed by atoms with van der Waals surface area (Å²) in [4.78, 5) is 11.6. The number of halogens is 1. The Hall–Kier alpha value is -1.38. The molecule has 0 heterocycles. The van der Waals surface area contributed by atoms with Gasteiger partial charge >= 0.3 is 0 Å². The van der Waals surface area contributed by atoms with E-state index in [1.807, 2.05) is 13.8 Å². The van der Waals surface area contributed by atoms with E-state index in [1.165, 1.54) is 12.1 Å². The van der Waals surface area contributed by atoms with Gasteiger partial charge in [0.05, 0.1) is 5.56 Å². The van der Waals surface area contributed by atoms with Crippen molar-refractivity contribution in [3.8, 4) is 0 Å². The highest BCUT2D eigenvalue weighted by atomic mass is 19.1. The van der Waals surface area contributed by atoms with Crippen molar-refractivity contribution in [2.24, 2.45) is 0 Å². The minimum atomic E-state index is -0.471. The van der Waals surface area contributed by atoms with Gasteiger partial charge in [0.25, 0.3) is 5.91 Å². The SMILES string of the molecule is CCC(CC)NC(=O)c1ccccc1F. The molecule has 2 nitrogen and oxygen atoms in total. The first-order chi connectivity index (χ1) is 7.19. The number of benzene rings is 1. The van der Waals surface area contributed by atoms with E-state index >= 15 is 0 Å². The molecule has 0 aromatic heterocycles. The molecule has 1 N–H and O–H groups in total. The lowest BCUT2D eigenvalue weighted by Gasteiger charge is -2.14. The molecule has 1 amide bonds. The summed E-state index contributed by atoms with van der Waals surface area (Å²) in [5, 5.41) is 2.79. The van der Waals surface area contributed by atoms with Crippen molar-refractivity contribution in [2.75, 3.05) is 0 Å². The number of amides is 1. The molecule has 0 aliphatic rings. The van der Waals surface area contributed by atoms with Gasteiger partial charge in [0.1, 0.15) is 5.82 Å². The Kier molecular flexibility index (Phi) is 4.28. The summed E-state index contributed by atoms with van der Waals surface area (Å²) < 4.78 is 13.2. The molecule has 0 aliphatic heterocycles. The monoisotopic (exact) mass is 209 g/mol. The van der Waals surface area contributed by atoms with Crippen molar-refractivity contribution in [2.45, 2.75) is 32.7 Å². The maximum absolute atomic E-state index is 13.2. The third-order valence-corrected chi connectivity index (χ3v) is 2.44. The second-order valence-electron chi connectivity index (χ2n) is 3.47. The predicted molar refractivity (Wildman–Crippen MR) is 58.2 cm³/mol. The van der Waals surface area contributed by atoms with E-state index in [4.69, 9.17) is 0 Å². The van der Waals surface area contributed by atoms with Crippen molar-refractivity contribution in [1.82, 2.24) is 5.32 Å². The van der Waals surface area contributed by atoms with Gasteiger partial charge in [0.15, 0.2) is 0 Å². The Bertz CT molecular complexity index is 334. The smallest absolute Gasteiger partial charge is 0.254 e. The number of hydrogen-bond acceptors (Lipinski definition) is 1. The van der Waals surface area contributed by atoms with Crippen LogP contribution in [0.5, 0.6) is 0 Å².